The van der Waals surface area contributed by atoms with E-state index in [9.17, 15) is 9.90 Å². The fraction of sp³-hybridized carbons (Fsp3) is 0.118. The van der Waals surface area contributed by atoms with Crippen molar-refractivity contribution in [2.24, 2.45) is 0 Å². The van der Waals surface area contributed by atoms with E-state index in [-0.39, 0.29) is 18.2 Å². The minimum atomic E-state index is -0.803. The lowest BCUT2D eigenvalue weighted by Crippen LogP contribution is -2.28. The molecule has 5 nitrogen and oxygen atoms in total. The van der Waals surface area contributed by atoms with E-state index < -0.39 is 6.10 Å². The minimum absolute atomic E-state index is 0.0945. The average Bonchev–Trinajstić information content (AvgIpc) is 3.24. The molecule has 6 heteroatoms. The highest BCUT2D eigenvalue weighted by molar-refractivity contribution is 9.10. The van der Waals surface area contributed by atoms with Gasteiger partial charge in [0.15, 0.2) is 10.4 Å². The third-order valence-corrected chi connectivity index (χ3v) is 3.78. The Labute approximate surface area is 141 Å². The summed E-state index contributed by atoms with van der Waals surface area (Å²) < 4.78 is 11.0. The molecule has 0 bridgehead atoms. The van der Waals surface area contributed by atoms with E-state index in [0.717, 1.165) is 11.3 Å². The quantitative estimate of drug-likeness (QED) is 0.711. The summed E-state index contributed by atoms with van der Waals surface area (Å²) in [5.41, 5.74) is 1.64. The van der Waals surface area contributed by atoms with Crippen LogP contribution in [0.15, 0.2) is 68.3 Å². The first kappa shape index (κ1) is 15.6. The van der Waals surface area contributed by atoms with Crippen molar-refractivity contribution < 1.29 is 18.7 Å². The van der Waals surface area contributed by atoms with Crippen molar-refractivity contribution in [3.63, 3.8) is 0 Å². The van der Waals surface area contributed by atoms with Crippen LogP contribution in [-0.4, -0.2) is 17.6 Å². The number of hydrogen-bond acceptors (Lipinski definition) is 4. The van der Waals surface area contributed by atoms with Gasteiger partial charge in [0.2, 0.25) is 0 Å². The molecule has 0 aliphatic heterocycles. The zero-order valence-corrected chi connectivity index (χ0v) is 13.6. The first-order chi connectivity index (χ1) is 11.1. The fourth-order valence-corrected chi connectivity index (χ4v) is 2.45. The summed E-state index contributed by atoms with van der Waals surface area (Å²) in [4.78, 5) is 11.9. The Morgan fingerprint density at radius 2 is 1.96 bits per heavy atom. The Balaban J connectivity index is 1.60. The number of aliphatic hydroxyl groups excluding tert-OH is 1. The van der Waals surface area contributed by atoms with Crippen molar-refractivity contribution in [3.05, 3.63) is 70.8 Å². The van der Waals surface area contributed by atoms with Crippen LogP contribution in [-0.2, 0) is 0 Å². The van der Waals surface area contributed by atoms with Crippen molar-refractivity contribution in [1.82, 2.24) is 5.32 Å². The SMILES string of the molecule is O=C(NCC(O)c1ccc(-c2ccco2)cc1)c1ccc(Br)o1. The third kappa shape index (κ3) is 3.72. The maximum absolute atomic E-state index is 11.9. The molecular weight excluding hydrogens is 362 g/mol. The molecule has 0 saturated heterocycles. The number of nitrogens with one attached hydrogen (secondary N) is 1. The van der Waals surface area contributed by atoms with Gasteiger partial charge in [-0.25, -0.2) is 0 Å². The summed E-state index contributed by atoms with van der Waals surface area (Å²) in [5.74, 6) is 0.585. The molecule has 1 unspecified atom stereocenters. The zero-order valence-electron chi connectivity index (χ0n) is 12.0. The number of furan rings is 2. The molecule has 0 spiro atoms. The number of carbonyl (C=O) groups excluding carboxylic acids is 1. The molecular formula is C17H14BrNO4. The third-order valence-electron chi connectivity index (χ3n) is 3.35. The van der Waals surface area contributed by atoms with Crippen LogP contribution in [0.3, 0.4) is 0 Å². The normalized spacial score (nSPS) is 12.1. The van der Waals surface area contributed by atoms with Crippen molar-refractivity contribution >= 4 is 21.8 Å². The summed E-state index contributed by atoms with van der Waals surface area (Å²) >= 11 is 3.14. The number of amides is 1. The van der Waals surface area contributed by atoms with Crippen LogP contribution in [0.25, 0.3) is 11.3 Å². The van der Waals surface area contributed by atoms with Gasteiger partial charge in [-0.15, -0.1) is 0 Å². The zero-order chi connectivity index (χ0) is 16.2. The van der Waals surface area contributed by atoms with E-state index in [2.05, 4.69) is 21.2 Å². The van der Waals surface area contributed by atoms with Gasteiger partial charge in [0.25, 0.3) is 5.91 Å². The van der Waals surface area contributed by atoms with E-state index in [1.54, 1.807) is 30.5 Å². The summed E-state index contributed by atoms with van der Waals surface area (Å²) in [7, 11) is 0. The number of halogens is 1. The topological polar surface area (TPSA) is 75.6 Å². The highest BCUT2D eigenvalue weighted by atomic mass is 79.9. The standard InChI is InChI=1S/C17H14BrNO4/c18-16-8-7-15(23-16)17(21)19-10-13(20)11-3-5-12(6-4-11)14-2-1-9-22-14/h1-9,13,20H,10H2,(H,19,21). The number of benzene rings is 1. The summed E-state index contributed by atoms with van der Waals surface area (Å²) in [6, 6.07) is 14.2. The van der Waals surface area contributed by atoms with E-state index >= 15 is 0 Å². The maximum Gasteiger partial charge on any atom is 0.287 e. The molecule has 3 aromatic rings. The molecule has 0 aliphatic rings. The monoisotopic (exact) mass is 375 g/mol. The average molecular weight is 376 g/mol. The van der Waals surface area contributed by atoms with Crippen LogP contribution in [0.4, 0.5) is 0 Å². The predicted molar refractivity (Wildman–Crippen MR) is 87.8 cm³/mol. The van der Waals surface area contributed by atoms with Gasteiger partial charge in [0.05, 0.1) is 12.4 Å². The van der Waals surface area contributed by atoms with Crippen LogP contribution in [0, 0.1) is 0 Å². The Kier molecular flexibility index (Phi) is 4.64. The van der Waals surface area contributed by atoms with Crippen LogP contribution in [0.5, 0.6) is 0 Å². The van der Waals surface area contributed by atoms with Gasteiger partial charge >= 0.3 is 0 Å². The molecule has 0 aliphatic carbocycles. The largest absolute Gasteiger partial charge is 0.464 e. The molecule has 23 heavy (non-hydrogen) atoms. The van der Waals surface area contributed by atoms with Crippen molar-refractivity contribution in [3.8, 4) is 11.3 Å². The molecule has 1 amide bonds. The Morgan fingerprint density at radius 1 is 1.17 bits per heavy atom. The van der Waals surface area contributed by atoms with Gasteiger partial charge in [-0.1, -0.05) is 24.3 Å². The molecule has 0 saturated carbocycles. The second kappa shape index (κ2) is 6.85. The number of aliphatic hydroxyl groups is 1. The van der Waals surface area contributed by atoms with E-state index in [1.807, 2.05) is 24.3 Å². The van der Waals surface area contributed by atoms with Gasteiger partial charge in [-0.3, -0.25) is 4.79 Å². The van der Waals surface area contributed by atoms with Crippen LogP contribution < -0.4 is 5.32 Å². The van der Waals surface area contributed by atoms with Gasteiger partial charge in [0, 0.05) is 12.1 Å². The van der Waals surface area contributed by atoms with Gasteiger partial charge in [-0.2, -0.15) is 0 Å². The molecule has 1 atom stereocenters. The van der Waals surface area contributed by atoms with Crippen molar-refractivity contribution in [1.29, 1.82) is 0 Å². The highest BCUT2D eigenvalue weighted by Gasteiger charge is 2.14. The van der Waals surface area contributed by atoms with Gasteiger partial charge in [-0.05, 0) is 45.8 Å². The van der Waals surface area contributed by atoms with Crippen molar-refractivity contribution in [2.75, 3.05) is 6.54 Å². The van der Waals surface area contributed by atoms with E-state index in [4.69, 9.17) is 8.83 Å². The smallest absolute Gasteiger partial charge is 0.287 e. The van der Waals surface area contributed by atoms with E-state index in [0.29, 0.717) is 10.2 Å². The van der Waals surface area contributed by atoms with Crippen LogP contribution in [0.1, 0.15) is 22.2 Å². The second-order valence-corrected chi connectivity index (χ2v) is 5.71. The lowest BCUT2D eigenvalue weighted by Gasteiger charge is -2.12. The first-order valence-corrected chi connectivity index (χ1v) is 7.78. The Bertz CT molecular complexity index is 777. The molecule has 0 radical (unpaired) electrons. The summed E-state index contributed by atoms with van der Waals surface area (Å²) in [5, 5.41) is 12.8. The maximum atomic E-state index is 11.9. The molecule has 2 aromatic heterocycles. The molecule has 1 aromatic carbocycles. The molecule has 118 valence electrons. The lowest BCUT2D eigenvalue weighted by atomic mass is 10.1. The molecule has 2 heterocycles. The van der Waals surface area contributed by atoms with Gasteiger partial charge < -0.3 is 19.3 Å². The Hall–Kier alpha value is -2.31. The van der Waals surface area contributed by atoms with E-state index in [1.165, 1.54) is 0 Å². The first-order valence-electron chi connectivity index (χ1n) is 6.99. The number of carbonyl (C=O) groups is 1. The second-order valence-electron chi connectivity index (χ2n) is 4.93. The van der Waals surface area contributed by atoms with Gasteiger partial charge in [0.1, 0.15) is 5.76 Å². The Morgan fingerprint density at radius 3 is 2.57 bits per heavy atom. The number of hydrogen-bond donors (Lipinski definition) is 2. The molecule has 3 rings (SSSR count). The summed E-state index contributed by atoms with van der Waals surface area (Å²) in [6.45, 7) is 0.0945. The molecule has 0 fully saturated rings. The minimum Gasteiger partial charge on any atom is -0.464 e. The predicted octanol–water partition coefficient (Wildman–Crippen LogP) is 3.77. The summed E-state index contributed by atoms with van der Waals surface area (Å²) in [6.07, 6.45) is 0.809. The highest BCUT2D eigenvalue weighted by Crippen LogP contribution is 2.22. The lowest BCUT2D eigenvalue weighted by molar-refractivity contribution is 0.0888. The fourth-order valence-electron chi connectivity index (χ4n) is 2.14. The number of rotatable bonds is 5. The van der Waals surface area contributed by atoms with Crippen LogP contribution >= 0.6 is 15.9 Å². The molecule has 2 N–H and O–H groups in total. The van der Waals surface area contributed by atoms with Crippen LogP contribution in [0.2, 0.25) is 0 Å². The van der Waals surface area contributed by atoms with Crippen molar-refractivity contribution in [2.45, 2.75) is 6.10 Å².